The van der Waals surface area contributed by atoms with E-state index in [4.69, 9.17) is 14.0 Å². The van der Waals surface area contributed by atoms with Crippen LogP contribution in [-0.4, -0.2) is 40.2 Å². The number of methoxy groups -OCH3 is 1. The van der Waals surface area contributed by atoms with Crippen molar-refractivity contribution in [3.8, 4) is 0 Å². The number of aromatic nitrogens is 4. The third-order valence-electron chi connectivity index (χ3n) is 3.68. The zero-order valence-corrected chi connectivity index (χ0v) is 12.4. The summed E-state index contributed by atoms with van der Waals surface area (Å²) >= 11 is 0. The molecule has 1 aliphatic rings. The molecule has 0 aromatic carbocycles. The molecule has 0 amide bonds. The number of ether oxygens (including phenoxy) is 2. The lowest BCUT2D eigenvalue weighted by Crippen LogP contribution is -2.39. The van der Waals surface area contributed by atoms with Crippen molar-refractivity contribution in [3.05, 3.63) is 29.7 Å². The van der Waals surface area contributed by atoms with Gasteiger partial charge in [0.15, 0.2) is 5.60 Å². The van der Waals surface area contributed by atoms with Crippen molar-refractivity contribution in [1.29, 1.82) is 0 Å². The van der Waals surface area contributed by atoms with Crippen LogP contribution in [-0.2, 0) is 21.6 Å². The van der Waals surface area contributed by atoms with Crippen molar-refractivity contribution < 1.29 is 14.0 Å². The fourth-order valence-corrected chi connectivity index (χ4v) is 2.63. The van der Waals surface area contributed by atoms with Gasteiger partial charge in [-0.15, -0.1) is 0 Å². The quantitative estimate of drug-likeness (QED) is 0.834. The fraction of sp³-hybridized carbons (Fsp3) is 0.643. The molecule has 1 aliphatic heterocycles. The molecule has 3 heterocycles. The third kappa shape index (κ3) is 2.98. The zero-order valence-electron chi connectivity index (χ0n) is 12.4. The Balaban J connectivity index is 1.78. The SMILES string of the molecule is COCC1(c2noc(Cn3ccc(C)n3)n2)CCCCO1. The van der Waals surface area contributed by atoms with Crippen molar-refractivity contribution in [2.45, 2.75) is 38.3 Å². The molecule has 0 aliphatic carbocycles. The minimum atomic E-state index is -0.575. The summed E-state index contributed by atoms with van der Waals surface area (Å²) in [5.74, 6) is 1.10. The van der Waals surface area contributed by atoms with E-state index in [9.17, 15) is 0 Å². The predicted octanol–water partition coefficient (Wildman–Crippen LogP) is 1.67. The molecule has 0 bridgehead atoms. The summed E-state index contributed by atoms with van der Waals surface area (Å²) in [5.41, 5.74) is 0.385. The second-order valence-electron chi connectivity index (χ2n) is 5.40. The largest absolute Gasteiger partial charge is 0.381 e. The molecule has 1 unspecified atom stereocenters. The van der Waals surface area contributed by atoms with Gasteiger partial charge in [-0.25, -0.2) is 0 Å². The molecule has 7 nitrogen and oxygen atoms in total. The van der Waals surface area contributed by atoms with Gasteiger partial charge in [0, 0.05) is 19.9 Å². The summed E-state index contributed by atoms with van der Waals surface area (Å²) in [5, 5.41) is 8.42. The van der Waals surface area contributed by atoms with E-state index in [1.807, 2.05) is 19.2 Å². The van der Waals surface area contributed by atoms with Gasteiger partial charge in [0.05, 0.1) is 12.3 Å². The first kappa shape index (κ1) is 14.2. The molecule has 1 atom stereocenters. The van der Waals surface area contributed by atoms with Crippen LogP contribution in [0.5, 0.6) is 0 Å². The van der Waals surface area contributed by atoms with Gasteiger partial charge in [-0.1, -0.05) is 5.16 Å². The van der Waals surface area contributed by atoms with Crippen molar-refractivity contribution in [2.75, 3.05) is 20.3 Å². The summed E-state index contributed by atoms with van der Waals surface area (Å²) in [6.07, 6.45) is 4.87. The first-order valence-electron chi connectivity index (χ1n) is 7.18. The molecule has 0 radical (unpaired) electrons. The van der Waals surface area contributed by atoms with Crippen molar-refractivity contribution >= 4 is 0 Å². The predicted molar refractivity (Wildman–Crippen MR) is 73.7 cm³/mol. The van der Waals surface area contributed by atoms with Crippen LogP contribution in [0.25, 0.3) is 0 Å². The highest BCUT2D eigenvalue weighted by Gasteiger charge is 2.40. The molecule has 21 heavy (non-hydrogen) atoms. The van der Waals surface area contributed by atoms with Gasteiger partial charge in [0.2, 0.25) is 11.7 Å². The molecule has 3 rings (SSSR count). The molecule has 0 saturated carbocycles. The summed E-state index contributed by atoms with van der Waals surface area (Å²) in [6, 6.07) is 1.94. The van der Waals surface area contributed by atoms with Gasteiger partial charge in [-0.3, -0.25) is 4.68 Å². The monoisotopic (exact) mass is 292 g/mol. The Bertz CT molecular complexity index is 581. The molecule has 114 valence electrons. The second kappa shape index (κ2) is 5.95. The Kier molecular flexibility index (Phi) is 4.03. The smallest absolute Gasteiger partial charge is 0.248 e. The maximum absolute atomic E-state index is 5.93. The lowest BCUT2D eigenvalue weighted by atomic mass is 9.94. The molecule has 1 saturated heterocycles. The van der Waals surface area contributed by atoms with Gasteiger partial charge >= 0.3 is 0 Å². The zero-order chi connectivity index (χ0) is 14.7. The number of rotatable bonds is 5. The molecule has 0 N–H and O–H groups in total. The maximum atomic E-state index is 5.93. The minimum absolute atomic E-state index is 0.437. The van der Waals surface area contributed by atoms with Crippen molar-refractivity contribution in [2.24, 2.45) is 0 Å². The highest BCUT2D eigenvalue weighted by atomic mass is 16.5. The summed E-state index contributed by atoms with van der Waals surface area (Å²) in [4.78, 5) is 4.49. The second-order valence-corrected chi connectivity index (χ2v) is 5.40. The minimum Gasteiger partial charge on any atom is -0.381 e. The van der Waals surface area contributed by atoms with E-state index < -0.39 is 5.60 Å². The summed E-state index contributed by atoms with van der Waals surface area (Å²) in [7, 11) is 1.66. The van der Waals surface area contributed by atoms with Crippen LogP contribution in [0.15, 0.2) is 16.8 Å². The van der Waals surface area contributed by atoms with E-state index in [2.05, 4.69) is 15.2 Å². The van der Waals surface area contributed by atoms with Crippen molar-refractivity contribution in [1.82, 2.24) is 19.9 Å². The van der Waals surface area contributed by atoms with E-state index in [1.165, 1.54) is 0 Å². The number of nitrogens with zero attached hydrogens (tertiary/aromatic N) is 4. The van der Waals surface area contributed by atoms with Crippen LogP contribution >= 0.6 is 0 Å². The third-order valence-corrected chi connectivity index (χ3v) is 3.68. The molecular weight excluding hydrogens is 272 g/mol. The number of aryl methyl sites for hydroxylation is 1. The molecule has 0 spiro atoms. The van der Waals surface area contributed by atoms with E-state index in [-0.39, 0.29) is 0 Å². The van der Waals surface area contributed by atoms with E-state index in [0.717, 1.165) is 25.0 Å². The van der Waals surface area contributed by atoms with Gasteiger partial charge in [-0.2, -0.15) is 10.1 Å². The summed E-state index contributed by atoms with van der Waals surface area (Å²) in [6.45, 7) is 3.54. The summed E-state index contributed by atoms with van der Waals surface area (Å²) < 4.78 is 18.4. The number of hydrogen-bond donors (Lipinski definition) is 0. The average Bonchev–Trinajstić information content (AvgIpc) is 3.10. The first-order chi connectivity index (χ1) is 10.2. The fourth-order valence-electron chi connectivity index (χ4n) is 2.63. The van der Waals surface area contributed by atoms with E-state index in [1.54, 1.807) is 11.8 Å². The Morgan fingerprint density at radius 2 is 2.33 bits per heavy atom. The van der Waals surface area contributed by atoms with Crippen LogP contribution in [0.2, 0.25) is 0 Å². The van der Waals surface area contributed by atoms with Crippen LogP contribution in [0.3, 0.4) is 0 Å². The maximum Gasteiger partial charge on any atom is 0.248 e. The van der Waals surface area contributed by atoms with Gasteiger partial charge in [0.1, 0.15) is 6.54 Å². The van der Waals surface area contributed by atoms with Gasteiger partial charge < -0.3 is 14.0 Å². The Labute approximate surface area is 123 Å². The van der Waals surface area contributed by atoms with E-state index >= 15 is 0 Å². The van der Waals surface area contributed by atoms with Gasteiger partial charge in [0.25, 0.3) is 0 Å². The first-order valence-corrected chi connectivity index (χ1v) is 7.18. The van der Waals surface area contributed by atoms with Crippen LogP contribution in [0, 0.1) is 6.92 Å². The van der Waals surface area contributed by atoms with Crippen molar-refractivity contribution in [3.63, 3.8) is 0 Å². The normalized spacial score (nSPS) is 22.6. The Morgan fingerprint density at radius 1 is 1.43 bits per heavy atom. The Hall–Kier alpha value is -1.73. The molecule has 1 fully saturated rings. The molecular formula is C14H20N4O3. The highest BCUT2D eigenvalue weighted by molar-refractivity contribution is 5.04. The number of hydrogen-bond acceptors (Lipinski definition) is 6. The average molecular weight is 292 g/mol. The molecule has 2 aromatic heterocycles. The van der Waals surface area contributed by atoms with E-state index in [0.29, 0.717) is 31.5 Å². The van der Waals surface area contributed by atoms with Crippen LogP contribution in [0.4, 0.5) is 0 Å². The highest BCUT2D eigenvalue weighted by Crippen LogP contribution is 2.33. The van der Waals surface area contributed by atoms with Crippen LogP contribution < -0.4 is 0 Å². The molecule has 7 heteroatoms. The molecule has 2 aromatic rings. The Morgan fingerprint density at radius 3 is 3.00 bits per heavy atom. The lowest BCUT2D eigenvalue weighted by molar-refractivity contribution is -0.127. The standard InChI is InChI=1S/C14H20N4O3/c1-11-5-7-18(16-11)9-12-15-13(17-21-12)14(10-19-2)6-3-4-8-20-14/h5,7H,3-4,6,8-10H2,1-2H3. The lowest BCUT2D eigenvalue weighted by Gasteiger charge is -2.33. The topological polar surface area (TPSA) is 75.2 Å². The van der Waals surface area contributed by atoms with Crippen LogP contribution in [0.1, 0.15) is 36.7 Å². The van der Waals surface area contributed by atoms with Gasteiger partial charge in [-0.05, 0) is 32.3 Å².